The molecule has 3 atom stereocenters. The highest BCUT2D eigenvalue weighted by Crippen LogP contribution is 2.58. The molecular weight excluding hydrogens is 196 g/mol. The maximum atomic E-state index is 11.2. The Morgan fingerprint density at radius 2 is 2.07 bits per heavy atom. The molecule has 0 aromatic heterocycles. The van der Waals surface area contributed by atoms with E-state index < -0.39 is 28.7 Å². The van der Waals surface area contributed by atoms with Crippen molar-refractivity contribution in [1.29, 1.82) is 0 Å². The van der Waals surface area contributed by atoms with Gasteiger partial charge in [-0.25, -0.2) is 0 Å². The first-order valence-electron chi connectivity index (χ1n) is 5.35. The molecule has 0 aromatic rings. The predicted molar refractivity (Wildman–Crippen MR) is 53.5 cm³/mol. The van der Waals surface area contributed by atoms with E-state index in [4.69, 9.17) is 4.74 Å². The number of carboxylic acid groups (broad SMARTS) is 1. The molecule has 2 N–H and O–H groups in total. The van der Waals surface area contributed by atoms with Gasteiger partial charge in [0.05, 0.1) is 22.7 Å². The van der Waals surface area contributed by atoms with Crippen molar-refractivity contribution < 1.29 is 19.7 Å². The summed E-state index contributed by atoms with van der Waals surface area (Å²) in [7, 11) is 0. The van der Waals surface area contributed by atoms with Crippen LogP contribution in [0.1, 0.15) is 40.0 Å². The van der Waals surface area contributed by atoms with E-state index in [9.17, 15) is 15.0 Å². The van der Waals surface area contributed by atoms with E-state index in [-0.39, 0.29) is 0 Å². The molecule has 15 heavy (non-hydrogen) atoms. The third-order valence-electron chi connectivity index (χ3n) is 4.36. The normalized spacial score (nSPS) is 44.7. The lowest BCUT2D eigenvalue weighted by Gasteiger charge is -2.38. The minimum absolute atomic E-state index is 0.433. The number of rotatable bonds is 2. The molecule has 0 spiro atoms. The molecular formula is C11H18O4. The van der Waals surface area contributed by atoms with Gasteiger partial charge in [-0.3, -0.25) is 4.79 Å². The van der Waals surface area contributed by atoms with E-state index in [0.29, 0.717) is 6.42 Å². The first kappa shape index (κ1) is 10.9. The molecule has 2 rings (SSSR count). The van der Waals surface area contributed by atoms with Crippen molar-refractivity contribution in [2.75, 3.05) is 0 Å². The molecule has 2 saturated heterocycles. The average molecular weight is 214 g/mol. The first-order chi connectivity index (χ1) is 6.74. The highest BCUT2D eigenvalue weighted by atomic mass is 16.6. The monoisotopic (exact) mass is 214 g/mol. The van der Waals surface area contributed by atoms with Crippen LogP contribution in [-0.2, 0) is 9.53 Å². The Kier molecular flexibility index (Phi) is 1.99. The standard InChI is InChI=1S/C11H18O4/c1-9(2,8(13)14)11-5-4-10(3,15-11)7(12)6-11/h7,12H,4-6H2,1-3H3,(H,13,14). The Hall–Kier alpha value is -0.610. The summed E-state index contributed by atoms with van der Waals surface area (Å²) in [6.45, 7) is 5.22. The zero-order valence-electron chi connectivity index (χ0n) is 9.41. The third-order valence-corrected chi connectivity index (χ3v) is 4.36. The van der Waals surface area contributed by atoms with Crippen molar-refractivity contribution in [3.8, 4) is 0 Å². The van der Waals surface area contributed by atoms with Crippen LogP contribution in [0.25, 0.3) is 0 Å². The molecule has 86 valence electrons. The maximum absolute atomic E-state index is 11.2. The van der Waals surface area contributed by atoms with Crippen LogP contribution in [0.2, 0.25) is 0 Å². The number of carbonyl (C=O) groups is 1. The van der Waals surface area contributed by atoms with Crippen molar-refractivity contribution in [2.24, 2.45) is 5.41 Å². The molecule has 2 aliphatic rings. The van der Waals surface area contributed by atoms with Crippen molar-refractivity contribution in [3.05, 3.63) is 0 Å². The molecule has 2 aliphatic heterocycles. The second-order valence-electron chi connectivity index (χ2n) is 5.56. The minimum atomic E-state index is -0.942. The SMILES string of the molecule is CC12CCC(C(C)(C)C(=O)O)(CC1O)O2. The minimum Gasteiger partial charge on any atom is -0.481 e. The van der Waals surface area contributed by atoms with Gasteiger partial charge in [-0.05, 0) is 33.6 Å². The Bertz CT molecular complexity index is 312. The van der Waals surface area contributed by atoms with Crippen LogP contribution in [0.5, 0.6) is 0 Å². The first-order valence-corrected chi connectivity index (χ1v) is 5.35. The van der Waals surface area contributed by atoms with Gasteiger partial charge >= 0.3 is 5.97 Å². The number of aliphatic hydroxyl groups is 1. The highest BCUT2D eigenvalue weighted by Gasteiger charge is 2.66. The molecule has 0 aromatic carbocycles. The molecule has 3 unspecified atom stereocenters. The summed E-state index contributed by atoms with van der Waals surface area (Å²) < 4.78 is 5.85. The summed E-state index contributed by atoms with van der Waals surface area (Å²) in [5.74, 6) is -0.860. The number of aliphatic carboxylic acids is 1. The van der Waals surface area contributed by atoms with E-state index in [0.717, 1.165) is 12.8 Å². The van der Waals surface area contributed by atoms with E-state index >= 15 is 0 Å². The number of ether oxygens (including phenoxy) is 1. The third kappa shape index (κ3) is 1.18. The molecule has 2 heterocycles. The van der Waals surface area contributed by atoms with Crippen LogP contribution in [-0.4, -0.2) is 33.5 Å². The van der Waals surface area contributed by atoms with E-state index in [2.05, 4.69) is 0 Å². The number of fused-ring (bicyclic) bond motifs is 2. The average Bonchev–Trinajstić information content (AvgIpc) is 2.56. The van der Waals surface area contributed by atoms with Gasteiger partial charge in [0.2, 0.25) is 0 Å². The van der Waals surface area contributed by atoms with E-state index in [1.54, 1.807) is 13.8 Å². The molecule has 0 radical (unpaired) electrons. The lowest BCUT2D eigenvalue weighted by molar-refractivity contribution is -0.169. The van der Waals surface area contributed by atoms with Crippen molar-refractivity contribution in [2.45, 2.75) is 57.3 Å². The van der Waals surface area contributed by atoms with E-state index in [1.165, 1.54) is 0 Å². The van der Waals surface area contributed by atoms with Crippen LogP contribution in [0.3, 0.4) is 0 Å². The van der Waals surface area contributed by atoms with Gasteiger partial charge in [0.15, 0.2) is 0 Å². The Labute approximate surface area is 89.2 Å². The Morgan fingerprint density at radius 1 is 1.47 bits per heavy atom. The van der Waals surface area contributed by atoms with Crippen LogP contribution in [0.4, 0.5) is 0 Å². The summed E-state index contributed by atoms with van der Waals surface area (Å²) in [5.41, 5.74) is -2.16. The molecule has 0 saturated carbocycles. The predicted octanol–water partition coefficient (Wildman–Crippen LogP) is 1.17. The Balaban J connectivity index is 2.35. The van der Waals surface area contributed by atoms with Gasteiger partial charge in [0, 0.05) is 6.42 Å². The summed E-state index contributed by atoms with van der Waals surface area (Å²) in [6, 6.07) is 0. The van der Waals surface area contributed by atoms with Gasteiger partial charge < -0.3 is 14.9 Å². The van der Waals surface area contributed by atoms with Crippen molar-refractivity contribution in [3.63, 3.8) is 0 Å². The summed E-state index contributed by atoms with van der Waals surface area (Å²) in [6.07, 6.45) is 1.36. The van der Waals surface area contributed by atoms with Gasteiger partial charge in [0.1, 0.15) is 0 Å². The second-order valence-corrected chi connectivity index (χ2v) is 5.56. The Morgan fingerprint density at radius 3 is 2.40 bits per heavy atom. The topological polar surface area (TPSA) is 66.8 Å². The lowest BCUT2D eigenvalue weighted by atomic mass is 9.67. The molecule has 2 fully saturated rings. The van der Waals surface area contributed by atoms with Gasteiger partial charge in [-0.2, -0.15) is 0 Å². The second kappa shape index (κ2) is 2.74. The fraction of sp³-hybridized carbons (Fsp3) is 0.909. The molecule has 2 bridgehead atoms. The smallest absolute Gasteiger partial charge is 0.312 e. The summed E-state index contributed by atoms with van der Waals surface area (Å²) in [5, 5.41) is 19.1. The highest BCUT2D eigenvalue weighted by molar-refractivity contribution is 5.75. The number of hydrogen-bond donors (Lipinski definition) is 2. The number of aliphatic hydroxyl groups excluding tert-OH is 1. The molecule has 0 aliphatic carbocycles. The molecule has 0 amide bonds. The summed E-state index contributed by atoms with van der Waals surface area (Å²) in [4.78, 5) is 11.2. The van der Waals surface area contributed by atoms with Crippen LogP contribution >= 0.6 is 0 Å². The van der Waals surface area contributed by atoms with Crippen LogP contribution < -0.4 is 0 Å². The lowest BCUT2D eigenvalue weighted by Crippen LogP contribution is -2.48. The fourth-order valence-electron chi connectivity index (χ4n) is 2.80. The van der Waals surface area contributed by atoms with Gasteiger partial charge in [0.25, 0.3) is 0 Å². The zero-order valence-corrected chi connectivity index (χ0v) is 9.41. The maximum Gasteiger partial charge on any atom is 0.312 e. The molecule has 4 nitrogen and oxygen atoms in total. The van der Waals surface area contributed by atoms with Crippen LogP contribution in [0.15, 0.2) is 0 Å². The van der Waals surface area contributed by atoms with Crippen molar-refractivity contribution >= 4 is 5.97 Å². The van der Waals surface area contributed by atoms with E-state index in [1.807, 2.05) is 6.92 Å². The van der Waals surface area contributed by atoms with Crippen LogP contribution in [0, 0.1) is 5.41 Å². The zero-order chi connectivity index (χ0) is 11.5. The summed E-state index contributed by atoms with van der Waals surface area (Å²) >= 11 is 0. The van der Waals surface area contributed by atoms with Crippen molar-refractivity contribution in [1.82, 2.24) is 0 Å². The molecule has 4 heteroatoms. The number of hydrogen-bond acceptors (Lipinski definition) is 3. The largest absolute Gasteiger partial charge is 0.481 e. The van der Waals surface area contributed by atoms with Gasteiger partial charge in [-0.1, -0.05) is 0 Å². The quantitative estimate of drug-likeness (QED) is 0.724. The fourth-order valence-corrected chi connectivity index (χ4v) is 2.80. The number of carboxylic acids is 1. The van der Waals surface area contributed by atoms with Gasteiger partial charge in [-0.15, -0.1) is 0 Å².